The maximum atomic E-state index is 12.0. The molecule has 0 bridgehead atoms. The molecule has 0 unspecified atom stereocenters. The Balaban J connectivity index is 3.10. The molecule has 0 spiro atoms. The van der Waals surface area contributed by atoms with Crippen LogP contribution < -0.4 is 0 Å². The zero-order valence-corrected chi connectivity index (χ0v) is 10.2. The Hall–Kier alpha value is 0.0931. The molecule has 2 nitrogen and oxygen atoms in total. The average molecular weight is 434 g/mol. The fraction of sp³-hybridized carbons (Fsp3) is 0.500. The Kier molecular flexibility index (Phi) is 3.12. The van der Waals surface area contributed by atoms with Crippen molar-refractivity contribution in [2.75, 3.05) is 0 Å². The molecule has 0 saturated heterocycles. The van der Waals surface area contributed by atoms with Crippen LogP contribution in [0.1, 0.15) is 0 Å². The molecule has 0 saturated carbocycles. The van der Waals surface area contributed by atoms with Gasteiger partial charge in [-0.15, -0.1) is 0 Å². The summed E-state index contributed by atoms with van der Waals surface area (Å²) in [6, 6.07) is 0. The summed E-state index contributed by atoms with van der Waals surface area (Å²) in [5.41, 5.74) is -3.98. The summed E-state index contributed by atoms with van der Waals surface area (Å²) < 4.78 is 77.4. The first kappa shape index (κ1) is 12.2. The number of hydrogen-bond acceptors (Lipinski definition) is 2. The molecule has 0 fully saturated rings. The van der Waals surface area contributed by atoms with E-state index in [0.29, 0.717) is 0 Å². The third-order valence-electron chi connectivity index (χ3n) is 1.13. The van der Waals surface area contributed by atoms with Crippen molar-refractivity contribution in [3.8, 4) is 0 Å². The molecule has 80 valence electrons. The summed E-state index contributed by atoms with van der Waals surface area (Å²) in [6.45, 7) is 0. The van der Waals surface area contributed by atoms with Crippen molar-refractivity contribution in [1.82, 2.24) is 0 Å². The van der Waals surface area contributed by atoms with Gasteiger partial charge in [0, 0.05) is 0 Å². The van der Waals surface area contributed by atoms with Crippen molar-refractivity contribution >= 4 is 41.1 Å². The Morgan fingerprint density at radius 2 is 1.14 bits per heavy atom. The zero-order valence-electron chi connectivity index (χ0n) is 5.99. The number of rotatable bonds is 0. The fourth-order valence-corrected chi connectivity index (χ4v) is 5.07. The van der Waals surface area contributed by atoms with E-state index in [1.165, 1.54) is 0 Å². The van der Waals surface area contributed by atoms with Gasteiger partial charge in [0.05, 0.1) is 0 Å². The van der Waals surface area contributed by atoms with Crippen LogP contribution in [0.4, 0.5) is 26.3 Å². The van der Waals surface area contributed by atoms with Gasteiger partial charge in [-0.05, 0) is 0 Å². The van der Waals surface area contributed by atoms with Crippen molar-refractivity contribution in [3.05, 3.63) is 0 Å². The Morgan fingerprint density at radius 1 is 0.857 bits per heavy atom. The first-order valence-corrected chi connectivity index (χ1v) is 10.3. The standard InChI is InChI=1S/C4F6N2.Bi.ClH/c5-3(6,7)1(11)2(12)4(8,9)10;;/h;;1H/q-2;+3;/p-1. The first-order chi connectivity index (χ1) is 6.12. The van der Waals surface area contributed by atoms with E-state index < -0.39 is 44.9 Å². The molecule has 10 heteroatoms. The van der Waals surface area contributed by atoms with E-state index >= 15 is 0 Å². The second-order valence-corrected chi connectivity index (χ2v) is 8.21. The van der Waals surface area contributed by atoms with Crippen LogP contribution in [0.3, 0.4) is 0 Å². The first-order valence-electron chi connectivity index (χ1n) is 2.90. The number of hydrogen-bond donors (Lipinski definition) is 0. The van der Waals surface area contributed by atoms with Crippen molar-refractivity contribution in [2.45, 2.75) is 12.4 Å². The van der Waals surface area contributed by atoms with E-state index in [1.54, 1.807) is 0 Å². The molecule has 0 aliphatic carbocycles. The van der Waals surface area contributed by atoms with Crippen molar-refractivity contribution in [2.24, 2.45) is 5.87 Å². The molecule has 0 atom stereocenters. The molecule has 0 N–H and O–H groups in total. The molecule has 0 aromatic carbocycles. The zero-order chi connectivity index (χ0) is 11.1. The van der Waals surface area contributed by atoms with Gasteiger partial charge in [-0.3, -0.25) is 0 Å². The Morgan fingerprint density at radius 3 is 1.36 bits per heavy atom. The monoisotopic (exact) mass is 434 g/mol. The number of alkyl halides is 6. The third-order valence-corrected chi connectivity index (χ3v) is 5.29. The summed E-state index contributed by atoms with van der Waals surface area (Å²) in [5, 5.41) is 0. The van der Waals surface area contributed by atoms with Gasteiger partial charge < -0.3 is 0 Å². The van der Waals surface area contributed by atoms with Crippen molar-refractivity contribution in [1.29, 1.82) is 0 Å². The van der Waals surface area contributed by atoms with Gasteiger partial charge in [0.25, 0.3) is 0 Å². The molecule has 0 amide bonds. The van der Waals surface area contributed by atoms with Crippen LogP contribution >= 0.6 is 8.51 Å². The van der Waals surface area contributed by atoms with Crippen LogP contribution in [0.5, 0.6) is 0 Å². The topological polar surface area (TPSA) is 24.7 Å². The quantitative estimate of drug-likeness (QED) is 0.413. The average Bonchev–Trinajstić information content (AvgIpc) is 2.27. The predicted octanol–water partition coefficient (Wildman–Crippen LogP) is 2.23. The summed E-state index contributed by atoms with van der Waals surface area (Å²) in [5.74, 6) is 0. The van der Waals surface area contributed by atoms with Gasteiger partial charge in [-0.2, -0.15) is 0 Å². The molecule has 1 rings (SSSR count). The second kappa shape index (κ2) is 3.59. The Labute approximate surface area is 85.7 Å². The predicted molar refractivity (Wildman–Crippen MR) is 38.6 cm³/mol. The van der Waals surface area contributed by atoms with Crippen LogP contribution in [0.2, 0.25) is 0 Å². The van der Waals surface area contributed by atoms with Gasteiger partial charge in [0.2, 0.25) is 0 Å². The van der Waals surface area contributed by atoms with Gasteiger partial charge in [-0.25, -0.2) is 0 Å². The van der Waals surface area contributed by atoms with Gasteiger partial charge in [-0.1, -0.05) is 0 Å². The number of halogens is 7. The number of nitrogens with zero attached hydrogens (tertiary/aromatic N) is 2. The second-order valence-electron chi connectivity index (χ2n) is 2.13. The molecule has 1 heterocycles. The molecule has 0 radical (unpaired) electrons. The third kappa shape index (κ3) is 2.56. The maximum absolute atomic E-state index is 12.0. The van der Waals surface area contributed by atoms with E-state index in [-0.39, 0.29) is 0 Å². The summed E-state index contributed by atoms with van der Waals surface area (Å²) in [7, 11) is 5.14. The molecule has 0 aromatic heterocycles. The van der Waals surface area contributed by atoms with Crippen LogP contribution in [0.25, 0.3) is 0 Å². The molecular weight excluding hydrogens is 434 g/mol. The molecule has 14 heavy (non-hydrogen) atoms. The van der Waals surface area contributed by atoms with Crippen LogP contribution in [-0.2, 0) is 0 Å². The van der Waals surface area contributed by atoms with E-state index in [9.17, 15) is 26.3 Å². The molecular formula is C4BiClF6N2. The summed E-state index contributed by atoms with van der Waals surface area (Å²) >= 11 is -3.76. The fourth-order valence-electron chi connectivity index (χ4n) is 0.664. The van der Waals surface area contributed by atoms with Crippen LogP contribution in [0.15, 0.2) is 5.87 Å². The van der Waals surface area contributed by atoms with Crippen LogP contribution in [-0.4, -0.2) is 44.9 Å². The molecule has 1 aliphatic heterocycles. The van der Waals surface area contributed by atoms with E-state index in [0.717, 1.165) is 0 Å². The summed E-state index contributed by atoms with van der Waals surface area (Å²) in [6.07, 6.45) is -10.3. The van der Waals surface area contributed by atoms with E-state index in [1.807, 2.05) is 0 Å². The van der Waals surface area contributed by atoms with Crippen molar-refractivity contribution in [3.63, 3.8) is 0 Å². The van der Waals surface area contributed by atoms with Gasteiger partial charge in [0.15, 0.2) is 0 Å². The van der Waals surface area contributed by atoms with Crippen LogP contribution in [0, 0.1) is 0 Å². The SMILES string of the molecule is FC(F)(F)C1=[N][Bi]([Cl])[N]=C1C(F)(F)F. The molecule has 1 aliphatic rings. The Bertz CT molecular complexity index is 274. The normalized spacial score (nSPS) is 19.6. The van der Waals surface area contributed by atoms with Crippen molar-refractivity contribution < 1.29 is 26.3 Å². The summed E-state index contributed by atoms with van der Waals surface area (Å²) in [4.78, 5) is 0. The molecule has 0 aromatic rings. The van der Waals surface area contributed by atoms with Gasteiger partial charge in [0.1, 0.15) is 0 Å². The minimum absolute atomic E-state index is 1.99. The van der Waals surface area contributed by atoms with Gasteiger partial charge >= 0.3 is 85.6 Å². The van der Waals surface area contributed by atoms with E-state index in [4.69, 9.17) is 8.51 Å². The minimum atomic E-state index is -5.15. The van der Waals surface area contributed by atoms with E-state index in [2.05, 4.69) is 5.87 Å².